The Labute approximate surface area is 169 Å². The molecule has 146 valence electrons. The summed E-state index contributed by atoms with van der Waals surface area (Å²) in [6.07, 6.45) is 7.41. The normalized spacial score (nSPS) is 19.7. The van der Waals surface area contributed by atoms with Crippen LogP contribution >= 0.6 is 22.7 Å². The van der Waals surface area contributed by atoms with E-state index in [1.807, 2.05) is 0 Å². The molecule has 1 N–H and O–H groups in total. The summed E-state index contributed by atoms with van der Waals surface area (Å²) in [7, 11) is 0. The SMILES string of the molecule is O=C(NC[C@@H](c1cccs1)N1CCOCC1)c1cc2c(s1)CCCCCC2. The van der Waals surface area contributed by atoms with Gasteiger partial charge in [0.2, 0.25) is 0 Å². The molecule has 0 spiro atoms. The summed E-state index contributed by atoms with van der Waals surface area (Å²) in [5.41, 5.74) is 1.41. The highest BCUT2D eigenvalue weighted by atomic mass is 32.1. The van der Waals surface area contributed by atoms with Gasteiger partial charge < -0.3 is 10.1 Å². The second-order valence-corrected chi connectivity index (χ2v) is 9.48. The number of nitrogens with one attached hydrogen (secondary N) is 1. The minimum atomic E-state index is 0.0848. The largest absolute Gasteiger partial charge is 0.379 e. The van der Waals surface area contributed by atoms with E-state index in [0.717, 1.165) is 44.0 Å². The van der Waals surface area contributed by atoms with Crippen LogP contribution in [0.4, 0.5) is 0 Å². The molecule has 4 rings (SSSR count). The lowest BCUT2D eigenvalue weighted by molar-refractivity contribution is 0.0169. The monoisotopic (exact) mass is 404 g/mol. The number of carbonyl (C=O) groups is 1. The Balaban J connectivity index is 1.42. The van der Waals surface area contributed by atoms with Gasteiger partial charge in [-0.1, -0.05) is 18.9 Å². The van der Waals surface area contributed by atoms with Gasteiger partial charge in [0.05, 0.1) is 24.1 Å². The maximum absolute atomic E-state index is 12.9. The molecule has 6 heteroatoms. The predicted octanol–water partition coefficient (Wildman–Crippen LogP) is 4.27. The maximum Gasteiger partial charge on any atom is 0.261 e. The minimum Gasteiger partial charge on any atom is -0.379 e. The Kier molecular flexibility index (Phi) is 6.60. The van der Waals surface area contributed by atoms with Crippen molar-refractivity contribution in [1.29, 1.82) is 0 Å². The highest BCUT2D eigenvalue weighted by Gasteiger charge is 2.24. The molecular formula is C21H28N2O2S2. The Morgan fingerprint density at radius 1 is 1.19 bits per heavy atom. The number of hydrogen-bond donors (Lipinski definition) is 1. The van der Waals surface area contributed by atoms with Crippen LogP contribution in [0.3, 0.4) is 0 Å². The van der Waals surface area contributed by atoms with Crippen LogP contribution in [0.25, 0.3) is 0 Å². The van der Waals surface area contributed by atoms with E-state index in [-0.39, 0.29) is 11.9 Å². The van der Waals surface area contributed by atoms with Gasteiger partial charge in [-0.05, 0) is 48.8 Å². The molecule has 0 saturated carbocycles. The number of nitrogens with zero attached hydrogens (tertiary/aromatic N) is 1. The van der Waals surface area contributed by atoms with Crippen molar-refractivity contribution in [3.05, 3.63) is 43.8 Å². The molecule has 27 heavy (non-hydrogen) atoms. The van der Waals surface area contributed by atoms with Crippen LogP contribution in [0.15, 0.2) is 23.6 Å². The van der Waals surface area contributed by atoms with Gasteiger partial charge in [-0.2, -0.15) is 0 Å². The average molecular weight is 405 g/mol. The Morgan fingerprint density at radius 3 is 2.78 bits per heavy atom. The number of hydrogen-bond acceptors (Lipinski definition) is 5. The zero-order valence-electron chi connectivity index (χ0n) is 15.7. The molecule has 1 saturated heterocycles. The topological polar surface area (TPSA) is 41.6 Å². The number of amides is 1. The first-order chi connectivity index (χ1) is 13.3. The second-order valence-electron chi connectivity index (χ2n) is 7.36. The van der Waals surface area contributed by atoms with Crippen LogP contribution in [0.2, 0.25) is 0 Å². The average Bonchev–Trinajstić information content (AvgIpc) is 3.33. The van der Waals surface area contributed by atoms with Crippen molar-refractivity contribution in [3.8, 4) is 0 Å². The summed E-state index contributed by atoms with van der Waals surface area (Å²) in [4.78, 5) is 18.9. The molecule has 1 aliphatic heterocycles. The smallest absolute Gasteiger partial charge is 0.261 e. The van der Waals surface area contributed by atoms with E-state index in [0.29, 0.717) is 6.54 Å². The van der Waals surface area contributed by atoms with Crippen molar-refractivity contribution in [3.63, 3.8) is 0 Å². The van der Waals surface area contributed by atoms with Crippen LogP contribution in [0.1, 0.15) is 56.7 Å². The Hall–Kier alpha value is -1.21. The van der Waals surface area contributed by atoms with Gasteiger partial charge in [0, 0.05) is 29.4 Å². The lowest BCUT2D eigenvalue weighted by Crippen LogP contribution is -2.43. The van der Waals surface area contributed by atoms with Crippen molar-refractivity contribution >= 4 is 28.6 Å². The van der Waals surface area contributed by atoms with Crippen molar-refractivity contribution in [2.45, 2.75) is 44.6 Å². The number of fused-ring (bicyclic) bond motifs is 1. The molecule has 1 amide bonds. The highest BCUT2D eigenvalue weighted by molar-refractivity contribution is 7.14. The molecule has 0 bridgehead atoms. The zero-order chi connectivity index (χ0) is 18.5. The fraction of sp³-hybridized carbons (Fsp3) is 0.571. The molecule has 0 unspecified atom stereocenters. The first kappa shape index (κ1) is 19.1. The first-order valence-electron chi connectivity index (χ1n) is 10.1. The van der Waals surface area contributed by atoms with E-state index in [1.54, 1.807) is 22.7 Å². The van der Waals surface area contributed by atoms with E-state index in [1.165, 1.54) is 41.0 Å². The number of rotatable bonds is 5. The van der Waals surface area contributed by atoms with Gasteiger partial charge in [0.25, 0.3) is 5.91 Å². The van der Waals surface area contributed by atoms with E-state index in [4.69, 9.17) is 4.74 Å². The third-order valence-corrected chi connectivity index (χ3v) is 7.74. The van der Waals surface area contributed by atoms with Gasteiger partial charge in [-0.25, -0.2) is 0 Å². The molecule has 0 aromatic carbocycles. The number of thiophene rings is 2. The minimum absolute atomic E-state index is 0.0848. The third-order valence-electron chi connectivity index (χ3n) is 5.53. The molecule has 2 aromatic rings. The van der Waals surface area contributed by atoms with Crippen LogP contribution in [-0.2, 0) is 17.6 Å². The van der Waals surface area contributed by atoms with Crippen molar-refractivity contribution < 1.29 is 9.53 Å². The molecule has 1 fully saturated rings. The lowest BCUT2D eigenvalue weighted by atomic mass is 10.00. The van der Waals surface area contributed by atoms with Crippen molar-refractivity contribution in [2.24, 2.45) is 0 Å². The predicted molar refractivity (Wildman–Crippen MR) is 112 cm³/mol. The first-order valence-corrected chi connectivity index (χ1v) is 11.8. The van der Waals surface area contributed by atoms with E-state index in [2.05, 4.69) is 33.8 Å². The summed E-state index contributed by atoms with van der Waals surface area (Å²) in [5, 5.41) is 5.34. The Morgan fingerprint density at radius 2 is 2.00 bits per heavy atom. The summed E-state index contributed by atoms with van der Waals surface area (Å²) in [6.45, 7) is 4.04. The summed E-state index contributed by atoms with van der Waals surface area (Å²) < 4.78 is 5.51. The summed E-state index contributed by atoms with van der Waals surface area (Å²) >= 11 is 3.48. The molecule has 4 nitrogen and oxygen atoms in total. The molecule has 1 atom stereocenters. The number of ether oxygens (including phenoxy) is 1. The van der Waals surface area contributed by atoms with Gasteiger partial charge in [-0.3, -0.25) is 9.69 Å². The van der Waals surface area contributed by atoms with Gasteiger partial charge in [0.1, 0.15) is 0 Å². The van der Waals surface area contributed by atoms with E-state index < -0.39 is 0 Å². The molecular weight excluding hydrogens is 376 g/mol. The van der Waals surface area contributed by atoms with Gasteiger partial charge in [0.15, 0.2) is 0 Å². The molecule has 0 radical (unpaired) electrons. The number of morpholine rings is 1. The Bertz CT molecular complexity index is 710. The van der Waals surface area contributed by atoms with Crippen molar-refractivity contribution in [1.82, 2.24) is 10.2 Å². The van der Waals surface area contributed by atoms with Gasteiger partial charge in [-0.15, -0.1) is 22.7 Å². The fourth-order valence-corrected chi connectivity index (χ4v) is 6.04. The van der Waals surface area contributed by atoms with Crippen molar-refractivity contribution in [2.75, 3.05) is 32.8 Å². The lowest BCUT2D eigenvalue weighted by Gasteiger charge is -2.34. The van der Waals surface area contributed by atoms with E-state index in [9.17, 15) is 4.79 Å². The molecule has 1 aliphatic carbocycles. The number of carbonyl (C=O) groups excluding carboxylic acids is 1. The molecule has 3 heterocycles. The summed E-state index contributed by atoms with van der Waals surface area (Å²) in [6, 6.07) is 6.65. The highest BCUT2D eigenvalue weighted by Crippen LogP contribution is 2.29. The fourth-order valence-electron chi connectivity index (χ4n) is 4.01. The number of aryl methyl sites for hydroxylation is 2. The molecule has 2 aromatic heterocycles. The summed E-state index contributed by atoms with van der Waals surface area (Å²) in [5.74, 6) is 0.0848. The zero-order valence-corrected chi connectivity index (χ0v) is 17.4. The standard InChI is InChI=1S/C21H28N2O2S2/c24-21(20-14-16-6-3-1-2-4-7-18(16)27-20)22-15-17(19-8-5-13-26-19)23-9-11-25-12-10-23/h5,8,13-14,17H,1-4,6-7,9-12,15H2,(H,22,24)/t17-/m0/s1. The quantitative estimate of drug-likeness (QED) is 0.809. The third kappa shape index (κ3) is 4.80. The van der Waals surface area contributed by atoms with Crippen LogP contribution < -0.4 is 5.32 Å². The van der Waals surface area contributed by atoms with E-state index >= 15 is 0 Å². The van der Waals surface area contributed by atoms with Crippen LogP contribution in [0.5, 0.6) is 0 Å². The maximum atomic E-state index is 12.9. The molecule has 2 aliphatic rings. The van der Waals surface area contributed by atoms with Crippen LogP contribution in [0, 0.1) is 0 Å². The van der Waals surface area contributed by atoms with Crippen LogP contribution in [-0.4, -0.2) is 43.7 Å². The second kappa shape index (κ2) is 9.32. The van der Waals surface area contributed by atoms with Gasteiger partial charge >= 0.3 is 0 Å².